The molecule has 18 heavy (non-hydrogen) atoms. The summed E-state index contributed by atoms with van der Waals surface area (Å²) in [5.74, 6) is 1.52. The molecule has 0 aromatic carbocycles. The molecule has 0 spiro atoms. The Morgan fingerprint density at radius 1 is 1.22 bits per heavy atom. The number of nitrogens with zero attached hydrogens (tertiary/aromatic N) is 3. The van der Waals surface area contributed by atoms with E-state index in [1.807, 2.05) is 18.2 Å². The highest BCUT2D eigenvalue weighted by Gasteiger charge is 2.14. The van der Waals surface area contributed by atoms with Crippen LogP contribution in [0.3, 0.4) is 0 Å². The third-order valence-corrected chi connectivity index (χ3v) is 3.29. The molecule has 1 saturated heterocycles. The van der Waals surface area contributed by atoms with E-state index in [0.717, 1.165) is 43.6 Å². The van der Waals surface area contributed by atoms with E-state index in [4.69, 9.17) is 4.42 Å². The van der Waals surface area contributed by atoms with Crippen LogP contribution in [0.15, 0.2) is 33.5 Å². The first-order valence-corrected chi connectivity index (χ1v) is 6.67. The Kier molecular flexibility index (Phi) is 3.29. The summed E-state index contributed by atoms with van der Waals surface area (Å²) in [5.41, 5.74) is 0.809. The topological polar surface area (TPSA) is 54.2 Å². The van der Waals surface area contributed by atoms with Gasteiger partial charge in [-0.25, -0.2) is 9.97 Å². The summed E-state index contributed by atoms with van der Waals surface area (Å²) >= 11 is 3.30. The number of nitrogens with one attached hydrogen (secondary N) is 1. The predicted molar refractivity (Wildman–Crippen MR) is 72.5 cm³/mol. The number of rotatable bonds is 2. The number of halogens is 1. The smallest absolute Gasteiger partial charge is 0.226 e. The summed E-state index contributed by atoms with van der Waals surface area (Å²) in [6.07, 6.45) is 1.77. The molecule has 1 aliphatic rings. The molecule has 5 nitrogen and oxygen atoms in total. The lowest BCUT2D eigenvalue weighted by Crippen LogP contribution is -2.44. The van der Waals surface area contributed by atoms with Gasteiger partial charge in [0, 0.05) is 32.4 Å². The standard InChI is InChI=1S/C12H13BrN4O/c13-11-2-1-10(18-11)9-3-4-15-12(16-9)17-7-5-14-6-8-17/h1-4,14H,5-8H2. The van der Waals surface area contributed by atoms with Gasteiger partial charge in [-0.2, -0.15) is 0 Å². The van der Waals surface area contributed by atoms with E-state index >= 15 is 0 Å². The highest BCUT2D eigenvalue weighted by Crippen LogP contribution is 2.24. The molecule has 3 rings (SSSR count). The summed E-state index contributed by atoms with van der Waals surface area (Å²) in [5, 5.41) is 3.31. The number of hydrogen-bond acceptors (Lipinski definition) is 5. The Bertz CT molecular complexity index is 536. The van der Waals surface area contributed by atoms with E-state index < -0.39 is 0 Å². The van der Waals surface area contributed by atoms with Crippen molar-refractivity contribution >= 4 is 21.9 Å². The number of furan rings is 1. The van der Waals surface area contributed by atoms with E-state index in [1.54, 1.807) is 6.20 Å². The first kappa shape index (κ1) is 11.7. The van der Waals surface area contributed by atoms with Crippen LogP contribution in [0.5, 0.6) is 0 Å². The van der Waals surface area contributed by atoms with Gasteiger partial charge in [-0.3, -0.25) is 0 Å². The van der Waals surface area contributed by atoms with Gasteiger partial charge in [0.25, 0.3) is 0 Å². The van der Waals surface area contributed by atoms with Crippen LogP contribution in [-0.4, -0.2) is 36.1 Å². The minimum Gasteiger partial charge on any atom is -0.448 e. The molecule has 1 fully saturated rings. The van der Waals surface area contributed by atoms with Gasteiger partial charge < -0.3 is 14.6 Å². The largest absolute Gasteiger partial charge is 0.448 e. The average molecular weight is 309 g/mol. The summed E-state index contributed by atoms with van der Waals surface area (Å²) < 4.78 is 6.22. The van der Waals surface area contributed by atoms with Crippen molar-refractivity contribution in [2.45, 2.75) is 0 Å². The van der Waals surface area contributed by atoms with Crippen LogP contribution in [0.25, 0.3) is 11.5 Å². The molecule has 3 heterocycles. The normalized spacial score (nSPS) is 15.9. The third-order valence-electron chi connectivity index (χ3n) is 2.87. The quantitative estimate of drug-likeness (QED) is 0.918. The molecule has 2 aromatic heterocycles. The molecule has 2 aromatic rings. The van der Waals surface area contributed by atoms with E-state index in [9.17, 15) is 0 Å². The van der Waals surface area contributed by atoms with Crippen molar-refractivity contribution in [1.29, 1.82) is 0 Å². The summed E-state index contributed by atoms with van der Waals surface area (Å²) in [6.45, 7) is 3.82. The Labute approximate surface area is 113 Å². The van der Waals surface area contributed by atoms with Gasteiger partial charge in [-0.05, 0) is 34.1 Å². The van der Waals surface area contributed by atoms with Crippen LogP contribution in [-0.2, 0) is 0 Å². The maximum Gasteiger partial charge on any atom is 0.226 e. The van der Waals surface area contributed by atoms with Crippen molar-refractivity contribution in [3.8, 4) is 11.5 Å². The van der Waals surface area contributed by atoms with E-state index in [-0.39, 0.29) is 0 Å². The number of piperazine rings is 1. The molecule has 1 aliphatic heterocycles. The van der Waals surface area contributed by atoms with Crippen molar-refractivity contribution in [3.05, 3.63) is 29.1 Å². The number of aromatic nitrogens is 2. The lowest BCUT2D eigenvalue weighted by molar-refractivity contribution is 0.552. The third kappa shape index (κ3) is 2.39. The Morgan fingerprint density at radius 3 is 2.78 bits per heavy atom. The average Bonchev–Trinajstić information content (AvgIpc) is 2.87. The fraction of sp³-hybridized carbons (Fsp3) is 0.333. The van der Waals surface area contributed by atoms with Gasteiger partial charge in [0.15, 0.2) is 10.4 Å². The summed E-state index contributed by atoms with van der Waals surface area (Å²) in [4.78, 5) is 11.1. The Balaban J connectivity index is 1.88. The number of anilines is 1. The maximum absolute atomic E-state index is 5.51. The second kappa shape index (κ2) is 5.07. The molecule has 0 unspecified atom stereocenters. The van der Waals surface area contributed by atoms with Gasteiger partial charge in [0.2, 0.25) is 5.95 Å². The zero-order valence-corrected chi connectivity index (χ0v) is 11.4. The predicted octanol–water partition coefficient (Wildman–Crippen LogP) is 1.91. The van der Waals surface area contributed by atoms with Gasteiger partial charge >= 0.3 is 0 Å². The van der Waals surface area contributed by atoms with Gasteiger partial charge in [0.1, 0.15) is 5.69 Å². The van der Waals surface area contributed by atoms with Crippen LogP contribution < -0.4 is 10.2 Å². The fourth-order valence-corrected chi connectivity index (χ4v) is 2.26. The second-order valence-corrected chi connectivity index (χ2v) is 4.86. The van der Waals surface area contributed by atoms with Crippen molar-refractivity contribution in [2.24, 2.45) is 0 Å². The Hall–Kier alpha value is -1.40. The van der Waals surface area contributed by atoms with E-state index in [2.05, 4.69) is 36.1 Å². The summed E-state index contributed by atoms with van der Waals surface area (Å²) in [6, 6.07) is 5.62. The molecule has 0 amide bonds. The molecule has 94 valence electrons. The zero-order chi connectivity index (χ0) is 12.4. The molecule has 0 radical (unpaired) electrons. The molecular weight excluding hydrogens is 296 g/mol. The monoisotopic (exact) mass is 308 g/mol. The molecule has 1 N–H and O–H groups in total. The maximum atomic E-state index is 5.51. The van der Waals surface area contributed by atoms with Gasteiger partial charge in [0.05, 0.1) is 0 Å². The Morgan fingerprint density at radius 2 is 2.06 bits per heavy atom. The van der Waals surface area contributed by atoms with Crippen LogP contribution in [0.1, 0.15) is 0 Å². The van der Waals surface area contributed by atoms with Gasteiger partial charge in [-0.1, -0.05) is 0 Å². The first-order valence-electron chi connectivity index (χ1n) is 5.87. The van der Waals surface area contributed by atoms with Crippen molar-refractivity contribution in [1.82, 2.24) is 15.3 Å². The van der Waals surface area contributed by atoms with Crippen molar-refractivity contribution < 1.29 is 4.42 Å². The number of hydrogen-bond donors (Lipinski definition) is 1. The minimum absolute atomic E-state index is 0.708. The van der Waals surface area contributed by atoms with Crippen LogP contribution in [0.4, 0.5) is 5.95 Å². The first-order chi connectivity index (χ1) is 8.83. The second-order valence-electron chi connectivity index (χ2n) is 4.08. The zero-order valence-electron chi connectivity index (χ0n) is 9.77. The molecule has 0 bridgehead atoms. The SMILES string of the molecule is Brc1ccc(-c2ccnc(N3CCNCC3)n2)o1. The van der Waals surface area contributed by atoms with Crippen molar-refractivity contribution in [3.63, 3.8) is 0 Å². The van der Waals surface area contributed by atoms with Crippen LogP contribution >= 0.6 is 15.9 Å². The molecule has 0 saturated carbocycles. The van der Waals surface area contributed by atoms with Crippen LogP contribution in [0, 0.1) is 0 Å². The van der Waals surface area contributed by atoms with E-state index in [0.29, 0.717) is 4.67 Å². The molecular formula is C12H13BrN4O. The lowest BCUT2D eigenvalue weighted by atomic mass is 10.3. The lowest BCUT2D eigenvalue weighted by Gasteiger charge is -2.27. The van der Waals surface area contributed by atoms with Crippen LogP contribution in [0.2, 0.25) is 0 Å². The summed E-state index contributed by atoms with van der Waals surface area (Å²) in [7, 11) is 0. The van der Waals surface area contributed by atoms with E-state index in [1.165, 1.54) is 0 Å². The minimum atomic E-state index is 0.708. The van der Waals surface area contributed by atoms with Crippen molar-refractivity contribution in [2.75, 3.05) is 31.1 Å². The molecule has 0 atom stereocenters. The highest BCUT2D eigenvalue weighted by atomic mass is 79.9. The fourth-order valence-electron chi connectivity index (χ4n) is 1.95. The van der Waals surface area contributed by atoms with Gasteiger partial charge in [-0.15, -0.1) is 0 Å². The highest BCUT2D eigenvalue weighted by molar-refractivity contribution is 9.10. The molecule has 0 aliphatic carbocycles. The molecule has 6 heteroatoms.